The lowest BCUT2D eigenvalue weighted by Crippen LogP contribution is -2.22. The Morgan fingerprint density at radius 2 is 1.85 bits per heavy atom. The van der Waals surface area contributed by atoms with Crippen molar-refractivity contribution in [3.05, 3.63) is 40.2 Å². The minimum Gasteiger partial charge on any atom is -0.307 e. The summed E-state index contributed by atoms with van der Waals surface area (Å²) in [7, 11) is 0. The van der Waals surface area contributed by atoms with Crippen molar-refractivity contribution in [3.63, 3.8) is 0 Å². The van der Waals surface area contributed by atoms with E-state index >= 15 is 0 Å². The van der Waals surface area contributed by atoms with Crippen LogP contribution >= 0.6 is 11.6 Å². The van der Waals surface area contributed by atoms with Crippen LogP contribution in [0.3, 0.4) is 0 Å². The second-order valence-electron chi connectivity index (χ2n) is 4.34. The number of carbonyl (C=O) groups is 1. The smallest absolute Gasteiger partial charge is 0.307 e. The minimum absolute atomic E-state index is 0.164. The Bertz CT molecular complexity index is 659. The number of nitrogens with one attached hydrogen (secondary N) is 2. The van der Waals surface area contributed by atoms with Gasteiger partial charge in [0.15, 0.2) is 0 Å². The number of rotatable bonds is 2. The highest BCUT2D eigenvalue weighted by Crippen LogP contribution is 2.19. The molecule has 2 N–H and O–H groups in total. The Balaban J connectivity index is 2.07. The van der Waals surface area contributed by atoms with Crippen LogP contribution in [0.4, 0.5) is 16.4 Å². The first kappa shape index (κ1) is 14.2. The normalized spacial score (nSPS) is 10.2. The summed E-state index contributed by atoms with van der Waals surface area (Å²) in [6.45, 7) is 5.46. The summed E-state index contributed by atoms with van der Waals surface area (Å²) in [6.07, 6.45) is 0. The fourth-order valence-electron chi connectivity index (χ4n) is 1.53. The first-order chi connectivity index (χ1) is 9.45. The van der Waals surface area contributed by atoms with E-state index in [2.05, 4.69) is 25.8 Å². The van der Waals surface area contributed by atoms with Gasteiger partial charge in [-0.15, -0.1) is 5.10 Å². The molecule has 0 spiro atoms. The monoisotopic (exact) mass is 291 g/mol. The number of nitrogens with zero attached hydrogens (tertiary/aromatic N) is 3. The molecular weight excluding hydrogens is 278 g/mol. The molecule has 0 unspecified atom stereocenters. The van der Waals surface area contributed by atoms with Gasteiger partial charge < -0.3 is 5.32 Å². The van der Waals surface area contributed by atoms with Gasteiger partial charge in [0, 0.05) is 10.7 Å². The molecule has 0 saturated carbocycles. The van der Waals surface area contributed by atoms with E-state index in [1.165, 1.54) is 0 Å². The molecule has 0 radical (unpaired) electrons. The lowest BCUT2D eigenvalue weighted by atomic mass is 10.2. The third-order valence-corrected chi connectivity index (χ3v) is 2.99. The van der Waals surface area contributed by atoms with E-state index in [9.17, 15) is 4.79 Å². The maximum absolute atomic E-state index is 11.9. The molecule has 1 heterocycles. The maximum atomic E-state index is 11.9. The molecule has 2 amide bonds. The summed E-state index contributed by atoms with van der Waals surface area (Å²) in [5.74, 6) is 0.164. The predicted molar refractivity (Wildman–Crippen MR) is 78.1 cm³/mol. The topological polar surface area (TPSA) is 79.8 Å². The van der Waals surface area contributed by atoms with Crippen LogP contribution in [-0.4, -0.2) is 21.2 Å². The number of hydrogen-bond donors (Lipinski definition) is 2. The van der Waals surface area contributed by atoms with Crippen molar-refractivity contribution in [3.8, 4) is 0 Å². The predicted octanol–water partition coefficient (Wildman–Crippen LogP) is 3.09. The van der Waals surface area contributed by atoms with Crippen molar-refractivity contribution in [2.45, 2.75) is 20.8 Å². The number of aromatic nitrogens is 3. The lowest BCUT2D eigenvalue weighted by molar-refractivity contribution is 0.262. The number of aryl methyl sites for hydroxylation is 3. The summed E-state index contributed by atoms with van der Waals surface area (Å²) in [5.41, 5.74) is 2.98. The number of amides is 2. The van der Waals surface area contributed by atoms with E-state index in [4.69, 9.17) is 11.6 Å². The average molecular weight is 292 g/mol. The molecule has 0 fully saturated rings. The quantitative estimate of drug-likeness (QED) is 0.891. The van der Waals surface area contributed by atoms with Crippen LogP contribution in [-0.2, 0) is 0 Å². The van der Waals surface area contributed by atoms with Gasteiger partial charge in [-0.3, -0.25) is 5.32 Å². The Hall–Kier alpha value is -2.21. The summed E-state index contributed by atoms with van der Waals surface area (Å²) in [6, 6.07) is 4.78. The van der Waals surface area contributed by atoms with Crippen LogP contribution in [0, 0.1) is 20.8 Å². The average Bonchev–Trinajstić information content (AvgIpc) is 2.37. The third-order valence-electron chi connectivity index (χ3n) is 2.75. The second-order valence-corrected chi connectivity index (χ2v) is 4.78. The number of benzene rings is 1. The minimum atomic E-state index is -0.430. The fraction of sp³-hybridized carbons (Fsp3) is 0.231. The van der Waals surface area contributed by atoms with Gasteiger partial charge in [-0.1, -0.05) is 11.6 Å². The molecule has 6 nitrogen and oxygen atoms in total. The van der Waals surface area contributed by atoms with Gasteiger partial charge in [-0.25, -0.2) is 9.78 Å². The molecular formula is C13H14ClN5O. The fourth-order valence-corrected chi connectivity index (χ4v) is 1.76. The first-order valence-electron chi connectivity index (χ1n) is 5.98. The zero-order valence-electron chi connectivity index (χ0n) is 11.4. The molecule has 0 aliphatic heterocycles. The molecule has 1 aromatic carbocycles. The van der Waals surface area contributed by atoms with Crippen LogP contribution in [0.1, 0.15) is 17.0 Å². The molecule has 0 aliphatic rings. The number of carbonyl (C=O) groups excluding carboxylic acids is 1. The Morgan fingerprint density at radius 3 is 2.50 bits per heavy atom. The molecule has 2 aromatic rings. The molecule has 0 bridgehead atoms. The summed E-state index contributed by atoms with van der Waals surface area (Å²) >= 11 is 5.86. The highest BCUT2D eigenvalue weighted by atomic mass is 35.5. The van der Waals surface area contributed by atoms with Crippen molar-refractivity contribution >= 4 is 29.3 Å². The van der Waals surface area contributed by atoms with E-state index in [0.717, 1.165) is 17.0 Å². The summed E-state index contributed by atoms with van der Waals surface area (Å²) < 4.78 is 0. The van der Waals surface area contributed by atoms with Crippen LogP contribution in [0.2, 0.25) is 5.02 Å². The van der Waals surface area contributed by atoms with E-state index in [0.29, 0.717) is 10.7 Å². The van der Waals surface area contributed by atoms with E-state index in [1.54, 1.807) is 32.0 Å². The van der Waals surface area contributed by atoms with Gasteiger partial charge in [0.05, 0.1) is 11.4 Å². The Kier molecular flexibility index (Phi) is 4.14. The highest BCUT2D eigenvalue weighted by molar-refractivity contribution is 6.30. The second kappa shape index (κ2) is 5.83. The summed E-state index contributed by atoms with van der Waals surface area (Å²) in [4.78, 5) is 16.0. The maximum Gasteiger partial charge on any atom is 0.326 e. The number of anilines is 2. The van der Waals surface area contributed by atoms with Crippen molar-refractivity contribution in [2.24, 2.45) is 0 Å². The highest BCUT2D eigenvalue weighted by Gasteiger charge is 2.08. The van der Waals surface area contributed by atoms with Crippen LogP contribution < -0.4 is 10.6 Å². The molecule has 0 saturated heterocycles. The standard InChI is InChI=1S/C13H14ClN5O/c1-7-6-10(14)4-5-11(7)16-13(20)17-12-15-8(2)9(3)18-19-12/h4-6H,1-3H3,(H2,15,16,17,19,20). The van der Waals surface area contributed by atoms with Gasteiger partial charge >= 0.3 is 6.03 Å². The lowest BCUT2D eigenvalue weighted by Gasteiger charge is -2.09. The molecule has 1 aromatic heterocycles. The van der Waals surface area contributed by atoms with E-state index in [1.807, 2.05) is 6.92 Å². The molecule has 20 heavy (non-hydrogen) atoms. The molecule has 0 atom stereocenters. The van der Waals surface area contributed by atoms with Gasteiger partial charge in [0.2, 0.25) is 0 Å². The molecule has 0 aliphatic carbocycles. The van der Waals surface area contributed by atoms with Gasteiger partial charge in [0.25, 0.3) is 5.95 Å². The number of hydrogen-bond acceptors (Lipinski definition) is 4. The van der Waals surface area contributed by atoms with Crippen molar-refractivity contribution in [1.29, 1.82) is 0 Å². The van der Waals surface area contributed by atoms with Crippen molar-refractivity contribution < 1.29 is 4.79 Å². The van der Waals surface area contributed by atoms with Crippen molar-refractivity contribution in [2.75, 3.05) is 10.6 Å². The largest absolute Gasteiger partial charge is 0.326 e. The van der Waals surface area contributed by atoms with E-state index in [-0.39, 0.29) is 5.95 Å². The first-order valence-corrected chi connectivity index (χ1v) is 6.35. The van der Waals surface area contributed by atoms with Gasteiger partial charge in [-0.2, -0.15) is 5.10 Å². The van der Waals surface area contributed by atoms with Crippen LogP contribution in [0.25, 0.3) is 0 Å². The van der Waals surface area contributed by atoms with Crippen molar-refractivity contribution in [1.82, 2.24) is 15.2 Å². The number of urea groups is 1. The third kappa shape index (κ3) is 3.42. The zero-order chi connectivity index (χ0) is 14.7. The Morgan fingerprint density at radius 1 is 1.10 bits per heavy atom. The SMILES string of the molecule is Cc1cc(Cl)ccc1NC(=O)Nc1nnc(C)c(C)n1. The van der Waals surface area contributed by atoms with Gasteiger partial charge in [0.1, 0.15) is 0 Å². The summed E-state index contributed by atoms with van der Waals surface area (Å²) in [5, 5.41) is 13.6. The van der Waals surface area contributed by atoms with Crippen LogP contribution in [0.5, 0.6) is 0 Å². The Labute approximate surface area is 121 Å². The van der Waals surface area contributed by atoms with E-state index < -0.39 is 6.03 Å². The molecule has 7 heteroatoms. The van der Waals surface area contributed by atoms with Crippen LogP contribution in [0.15, 0.2) is 18.2 Å². The molecule has 2 rings (SSSR count). The number of halogens is 1. The molecule has 104 valence electrons. The van der Waals surface area contributed by atoms with Gasteiger partial charge in [-0.05, 0) is 44.5 Å². The zero-order valence-corrected chi connectivity index (χ0v) is 12.1.